The third-order valence-corrected chi connectivity index (χ3v) is 5.59. The number of nitrogens with zero attached hydrogens (tertiary/aromatic N) is 2. The number of benzene rings is 1. The maximum atomic E-state index is 12.3. The van der Waals surface area contributed by atoms with Crippen molar-refractivity contribution in [2.75, 3.05) is 6.61 Å². The van der Waals surface area contributed by atoms with E-state index >= 15 is 0 Å². The molecule has 1 aliphatic rings. The van der Waals surface area contributed by atoms with Gasteiger partial charge in [0.25, 0.3) is 5.91 Å². The first-order chi connectivity index (χ1) is 13.6. The van der Waals surface area contributed by atoms with Gasteiger partial charge in [0.1, 0.15) is 11.4 Å². The summed E-state index contributed by atoms with van der Waals surface area (Å²) in [6, 6.07) is 9.75. The fourth-order valence-corrected chi connectivity index (χ4v) is 3.70. The average molecular weight is 384 g/mol. The number of aryl methyl sites for hydroxylation is 2. The van der Waals surface area contributed by atoms with Crippen molar-refractivity contribution < 1.29 is 9.53 Å². The second kappa shape index (κ2) is 10.3. The predicted molar refractivity (Wildman–Crippen MR) is 111 cm³/mol. The lowest BCUT2D eigenvalue weighted by atomic mass is 9.82. The zero-order valence-electron chi connectivity index (χ0n) is 17.2. The Morgan fingerprint density at radius 3 is 2.75 bits per heavy atom. The Bertz CT molecular complexity index is 765. The SMILES string of the molecule is Cc1cc(C(=O)NCc2cccc(OCCCCCCC3CCC3)c2)n(C)n1. The fourth-order valence-electron chi connectivity index (χ4n) is 3.70. The lowest BCUT2D eigenvalue weighted by Gasteiger charge is -2.24. The van der Waals surface area contributed by atoms with Crippen molar-refractivity contribution in [3.05, 3.63) is 47.3 Å². The third-order valence-electron chi connectivity index (χ3n) is 5.59. The molecule has 1 aromatic carbocycles. The number of aromatic nitrogens is 2. The normalized spacial score (nSPS) is 13.9. The van der Waals surface area contributed by atoms with Gasteiger partial charge in [-0.3, -0.25) is 9.48 Å². The van der Waals surface area contributed by atoms with Crippen molar-refractivity contribution >= 4 is 5.91 Å². The van der Waals surface area contributed by atoms with Crippen LogP contribution in [0.15, 0.2) is 30.3 Å². The van der Waals surface area contributed by atoms with Gasteiger partial charge < -0.3 is 10.1 Å². The highest BCUT2D eigenvalue weighted by atomic mass is 16.5. The lowest BCUT2D eigenvalue weighted by molar-refractivity contribution is 0.0941. The van der Waals surface area contributed by atoms with Gasteiger partial charge in [0.05, 0.1) is 12.3 Å². The summed E-state index contributed by atoms with van der Waals surface area (Å²) in [6.45, 7) is 3.11. The highest BCUT2D eigenvalue weighted by molar-refractivity contribution is 5.92. The molecule has 1 aromatic heterocycles. The van der Waals surface area contributed by atoms with E-state index in [1.54, 1.807) is 17.8 Å². The number of rotatable bonds is 11. The minimum Gasteiger partial charge on any atom is -0.494 e. The molecular weight excluding hydrogens is 350 g/mol. The van der Waals surface area contributed by atoms with E-state index in [1.807, 2.05) is 31.2 Å². The summed E-state index contributed by atoms with van der Waals surface area (Å²) in [7, 11) is 1.78. The molecule has 5 nitrogen and oxygen atoms in total. The van der Waals surface area contributed by atoms with Gasteiger partial charge in [-0.1, -0.05) is 57.1 Å². The topological polar surface area (TPSA) is 56.1 Å². The number of carbonyl (C=O) groups is 1. The standard InChI is InChI=1S/C23H33N3O2/c1-18-15-22(26(2)25-18)23(27)24-17-20-12-8-13-21(16-20)28-14-6-4-3-5-9-19-10-7-11-19/h8,12-13,15-16,19H,3-7,9-11,14,17H2,1-2H3,(H,24,27). The number of nitrogens with one attached hydrogen (secondary N) is 1. The average Bonchev–Trinajstić information content (AvgIpc) is 2.99. The van der Waals surface area contributed by atoms with E-state index in [-0.39, 0.29) is 5.91 Å². The van der Waals surface area contributed by atoms with Gasteiger partial charge in [-0.25, -0.2) is 0 Å². The first kappa shape index (κ1) is 20.4. The van der Waals surface area contributed by atoms with Gasteiger partial charge in [0, 0.05) is 13.6 Å². The fraction of sp³-hybridized carbons (Fsp3) is 0.565. The first-order valence-corrected chi connectivity index (χ1v) is 10.6. The molecule has 0 spiro atoms. The molecule has 0 saturated heterocycles. The summed E-state index contributed by atoms with van der Waals surface area (Å²) in [5, 5.41) is 7.16. The van der Waals surface area contributed by atoms with Crippen LogP contribution in [0, 0.1) is 12.8 Å². The highest BCUT2D eigenvalue weighted by Crippen LogP contribution is 2.31. The Kier molecular flexibility index (Phi) is 7.52. The highest BCUT2D eigenvalue weighted by Gasteiger charge is 2.16. The third kappa shape index (κ3) is 6.11. The van der Waals surface area contributed by atoms with Crippen LogP contribution in [-0.2, 0) is 13.6 Å². The Balaban J connectivity index is 1.34. The molecule has 3 rings (SSSR count). The second-order valence-corrected chi connectivity index (χ2v) is 7.97. The number of carbonyl (C=O) groups excluding carboxylic acids is 1. The molecule has 0 unspecified atom stereocenters. The quantitative estimate of drug-likeness (QED) is 0.568. The summed E-state index contributed by atoms with van der Waals surface area (Å²) in [5.74, 6) is 1.79. The molecule has 1 saturated carbocycles. The van der Waals surface area contributed by atoms with Crippen LogP contribution in [0.5, 0.6) is 5.75 Å². The maximum absolute atomic E-state index is 12.3. The van der Waals surface area contributed by atoms with Gasteiger partial charge in [-0.2, -0.15) is 5.10 Å². The summed E-state index contributed by atoms with van der Waals surface area (Å²) >= 11 is 0. The Morgan fingerprint density at radius 1 is 1.21 bits per heavy atom. The minimum atomic E-state index is -0.115. The molecule has 1 aliphatic carbocycles. The molecule has 0 bridgehead atoms. The monoisotopic (exact) mass is 383 g/mol. The van der Waals surface area contributed by atoms with Gasteiger partial charge >= 0.3 is 0 Å². The van der Waals surface area contributed by atoms with E-state index in [2.05, 4.69) is 10.4 Å². The lowest BCUT2D eigenvalue weighted by Crippen LogP contribution is -2.25. The zero-order chi connectivity index (χ0) is 19.8. The van der Waals surface area contributed by atoms with Crippen LogP contribution in [0.2, 0.25) is 0 Å². The van der Waals surface area contributed by atoms with Crippen LogP contribution in [0.25, 0.3) is 0 Å². The van der Waals surface area contributed by atoms with E-state index in [4.69, 9.17) is 4.74 Å². The van der Waals surface area contributed by atoms with Crippen LogP contribution in [0.3, 0.4) is 0 Å². The number of hydrogen-bond donors (Lipinski definition) is 1. The smallest absolute Gasteiger partial charge is 0.269 e. The van der Waals surface area contributed by atoms with E-state index in [1.165, 1.54) is 44.9 Å². The van der Waals surface area contributed by atoms with E-state index in [0.29, 0.717) is 12.2 Å². The maximum Gasteiger partial charge on any atom is 0.269 e. The van der Waals surface area contributed by atoms with Gasteiger partial charge in [-0.05, 0) is 43.0 Å². The molecule has 5 heteroatoms. The van der Waals surface area contributed by atoms with Crippen LogP contribution >= 0.6 is 0 Å². The summed E-state index contributed by atoms with van der Waals surface area (Å²) < 4.78 is 7.50. The molecule has 0 atom stereocenters. The minimum absolute atomic E-state index is 0.115. The van der Waals surface area contributed by atoms with Gasteiger partial charge in [0.15, 0.2) is 0 Å². The molecular formula is C23H33N3O2. The number of amides is 1. The van der Waals surface area contributed by atoms with Crippen molar-refractivity contribution in [3.63, 3.8) is 0 Å². The molecule has 28 heavy (non-hydrogen) atoms. The second-order valence-electron chi connectivity index (χ2n) is 7.97. The molecule has 2 aromatic rings. The first-order valence-electron chi connectivity index (χ1n) is 10.6. The molecule has 1 amide bonds. The summed E-state index contributed by atoms with van der Waals surface area (Å²) in [4.78, 5) is 12.3. The van der Waals surface area contributed by atoms with Crippen LogP contribution in [-0.4, -0.2) is 22.3 Å². The van der Waals surface area contributed by atoms with Crippen LogP contribution < -0.4 is 10.1 Å². The Labute approximate surface area is 168 Å². The molecule has 0 radical (unpaired) electrons. The van der Waals surface area contributed by atoms with Crippen LogP contribution in [0.1, 0.15) is 73.1 Å². The van der Waals surface area contributed by atoms with E-state index in [0.717, 1.165) is 36.0 Å². The number of hydrogen-bond acceptors (Lipinski definition) is 3. The Hall–Kier alpha value is -2.30. The number of ether oxygens (including phenoxy) is 1. The number of unbranched alkanes of at least 4 members (excludes halogenated alkanes) is 3. The van der Waals surface area contributed by atoms with Gasteiger partial charge in [-0.15, -0.1) is 0 Å². The van der Waals surface area contributed by atoms with Crippen molar-refractivity contribution in [2.24, 2.45) is 13.0 Å². The zero-order valence-corrected chi connectivity index (χ0v) is 17.2. The Morgan fingerprint density at radius 2 is 2.04 bits per heavy atom. The summed E-state index contributed by atoms with van der Waals surface area (Å²) in [6.07, 6.45) is 10.8. The molecule has 1 heterocycles. The van der Waals surface area contributed by atoms with Crippen molar-refractivity contribution in [3.8, 4) is 5.75 Å². The summed E-state index contributed by atoms with van der Waals surface area (Å²) in [5.41, 5.74) is 2.44. The molecule has 0 aliphatic heterocycles. The van der Waals surface area contributed by atoms with Crippen molar-refractivity contribution in [1.82, 2.24) is 15.1 Å². The molecule has 1 fully saturated rings. The predicted octanol–water partition coefficient (Wildman–Crippen LogP) is 4.79. The van der Waals surface area contributed by atoms with E-state index in [9.17, 15) is 4.79 Å². The molecule has 152 valence electrons. The largest absolute Gasteiger partial charge is 0.494 e. The van der Waals surface area contributed by atoms with Crippen molar-refractivity contribution in [2.45, 2.75) is 64.8 Å². The van der Waals surface area contributed by atoms with Crippen LogP contribution in [0.4, 0.5) is 0 Å². The molecule has 1 N–H and O–H groups in total. The van der Waals surface area contributed by atoms with Gasteiger partial charge in [0.2, 0.25) is 0 Å². The van der Waals surface area contributed by atoms with E-state index < -0.39 is 0 Å². The van der Waals surface area contributed by atoms with Crippen molar-refractivity contribution in [1.29, 1.82) is 0 Å².